The van der Waals surface area contributed by atoms with Crippen molar-refractivity contribution in [3.05, 3.63) is 0 Å². The van der Waals surface area contributed by atoms with Crippen LogP contribution in [-0.2, 0) is 0 Å². The molecular formula is C11H25P. The fraction of sp³-hybridized carbons (Fsp3) is 1.00. The van der Waals surface area contributed by atoms with Gasteiger partial charge in [0.05, 0.1) is 0 Å². The monoisotopic (exact) mass is 188 g/mol. The molecule has 0 heterocycles. The molecule has 0 spiro atoms. The van der Waals surface area contributed by atoms with Gasteiger partial charge in [-0.15, -0.1) is 0 Å². The molecule has 0 amide bonds. The van der Waals surface area contributed by atoms with Crippen molar-refractivity contribution < 1.29 is 0 Å². The molecule has 0 aromatic heterocycles. The zero-order chi connectivity index (χ0) is 9.19. The van der Waals surface area contributed by atoms with Crippen LogP contribution in [0.15, 0.2) is 0 Å². The Labute approximate surface area is 78.5 Å². The molecule has 0 unspecified atom stereocenters. The van der Waals surface area contributed by atoms with Crippen LogP contribution in [0.5, 0.6) is 0 Å². The van der Waals surface area contributed by atoms with Crippen LogP contribution in [0.4, 0.5) is 0 Å². The average Bonchev–Trinajstić information content (AvgIpc) is 2.06. The van der Waals surface area contributed by atoms with E-state index in [4.69, 9.17) is 0 Å². The summed E-state index contributed by atoms with van der Waals surface area (Å²) < 4.78 is 0. The van der Waals surface area contributed by atoms with Gasteiger partial charge in [0, 0.05) is 0 Å². The molecular weight excluding hydrogens is 163 g/mol. The second-order valence-corrected chi connectivity index (χ2v) is 10.9. The quantitative estimate of drug-likeness (QED) is 0.579. The Morgan fingerprint density at radius 2 is 1.50 bits per heavy atom. The predicted molar refractivity (Wildman–Crippen MR) is 62.2 cm³/mol. The molecule has 0 aliphatic heterocycles. The summed E-state index contributed by atoms with van der Waals surface area (Å²) in [5.74, 6) is 0. The zero-order valence-electron chi connectivity index (χ0n) is 9.19. The van der Waals surface area contributed by atoms with Crippen LogP contribution < -0.4 is 0 Å². The van der Waals surface area contributed by atoms with Crippen LogP contribution in [0.1, 0.15) is 46.0 Å². The van der Waals surface area contributed by atoms with E-state index in [2.05, 4.69) is 27.2 Å². The van der Waals surface area contributed by atoms with Crippen molar-refractivity contribution in [2.24, 2.45) is 0 Å². The van der Waals surface area contributed by atoms with Gasteiger partial charge in [0.25, 0.3) is 0 Å². The van der Waals surface area contributed by atoms with Gasteiger partial charge in [-0.05, 0) is 0 Å². The van der Waals surface area contributed by atoms with Crippen molar-refractivity contribution in [3.63, 3.8) is 0 Å². The van der Waals surface area contributed by atoms with Gasteiger partial charge in [-0.3, -0.25) is 0 Å². The molecule has 0 aromatic carbocycles. The summed E-state index contributed by atoms with van der Waals surface area (Å²) in [5.41, 5.74) is 2.10. The first-order chi connectivity index (χ1) is 5.55. The second-order valence-electron chi connectivity index (χ2n) is 5.31. The normalized spacial score (nSPS) is 23.1. The Hall–Kier alpha value is 0.430. The molecule has 0 aromatic rings. The van der Waals surface area contributed by atoms with Crippen LogP contribution in [0, 0.1) is 0 Å². The van der Waals surface area contributed by atoms with E-state index in [1.165, 1.54) is 32.1 Å². The van der Waals surface area contributed by atoms with Gasteiger partial charge in [0.2, 0.25) is 0 Å². The van der Waals surface area contributed by atoms with Gasteiger partial charge in [-0.25, -0.2) is 0 Å². The Bertz CT molecular complexity index is 132. The van der Waals surface area contributed by atoms with Crippen molar-refractivity contribution >= 4 is 7.26 Å². The third-order valence-electron chi connectivity index (χ3n) is 4.15. The molecule has 1 aliphatic rings. The fourth-order valence-corrected chi connectivity index (χ4v) is 5.16. The summed E-state index contributed by atoms with van der Waals surface area (Å²) in [5, 5.41) is 0. The van der Waals surface area contributed by atoms with Crippen molar-refractivity contribution in [1.29, 1.82) is 0 Å². The molecule has 0 radical (unpaired) electrons. The van der Waals surface area contributed by atoms with E-state index in [0.29, 0.717) is 0 Å². The van der Waals surface area contributed by atoms with E-state index in [-0.39, 0.29) is 0 Å². The van der Waals surface area contributed by atoms with E-state index in [9.17, 15) is 0 Å². The topological polar surface area (TPSA) is 0 Å². The van der Waals surface area contributed by atoms with Crippen LogP contribution >= 0.6 is 7.26 Å². The third-order valence-corrected chi connectivity index (χ3v) is 9.80. The fourth-order valence-electron chi connectivity index (χ4n) is 2.32. The zero-order valence-corrected chi connectivity index (χ0v) is 10.2. The van der Waals surface area contributed by atoms with E-state index in [1.807, 2.05) is 0 Å². The van der Waals surface area contributed by atoms with Gasteiger partial charge in [0.15, 0.2) is 0 Å². The maximum absolute atomic E-state index is 2.59. The SMILES string of the molecule is CC(C)[PH](C)(C)C1CCCCC1. The molecule has 0 saturated heterocycles. The molecule has 0 bridgehead atoms. The average molecular weight is 188 g/mol. The van der Waals surface area contributed by atoms with Crippen LogP contribution in [0.3, 0.4) is 0 Å². The Balaban J connectivity index is 2.53. The number of rotatable bonds is 2. The molecule has 1 fully saturated rings. The minimum atomic E-state index is -0.880. The minimum absolute atomic E-state index is 0.880. The first kappa shape index (κ1) is 10.5. The standard InChI is InChI=1S/C11H25P/c1-10(2)12(3,4)11-8-6-5-7-9-11/h10-12H,5-9H2,1-4H3. The van der Waals surface area contributed by atoms with Crippen LogP contribution in [-0.4, -0.2) is 24.6 Å². The van der Waals surface area contributed by atoms with Crippen molar-refractivity contribution in [2.75, 3.05) is 13.3 Å². The molecule has 1 rings (SSSR count). The van der Waals surface area contributed by atoms with E-state index in [1.54, 1.807) is 0 Å². The van der Waals surface area contributed by atoms with Gasteiger partial charge in [-0.2, -0.15) is 0 Å². The summed E-state index contributed by atoms with van der Waals surface area (Å²) in [6.45, 7) is 10.0. The van der Waals surface area contributed by atoms with Crippen molar-refractivity contribution in [3.8, 4) is 0 Å². The van der Waals surface area contributed by atoms with Crippen molar-refractivity contribution in [2.45, 2.75) is 57.3 Å². The molecule has 74 valence electrons. The molecule has 1 aliphatic carbocycles. The summed E-state index contributed by atoms with van der Waals surface area (Å²) in [7, 11) is -0.880. The summed E-state index contributed by atoms with van der Waals surface area (Å²) in [6, 6.07) is 0. The predicted octanol–water partition coefficient (Wildman–Crippen LogP) is 3.74. The third kappa shape index (κ3) is 2.22. The first-order valence-corrected chi connectivity index (χ1v) is 8.70. The molecule has 0 N–H and O–H groups in total. The summed E-state index contributed by atoms with van der Waals surface area (Å²) in [6.07, 6.45) is 7.59. The van der Waals surface area contributed by atoms with E-state index >= 15 is 0 Å². The molecule has 12 heavy (non-hydrogen) atoms. The first-order valence-electron chi connectivity index (χ1n) is 5.55. The van der Waals surface area contributed by atoms with E-state index < -0.39 is 7.26 Å². The van der Waals surface area contributed by atoms with Crippen molar-refractivity contribution in [1.82, 2.24) is 0 Å². The van der Waals surface area contributed by atoms with Gasteiger partial charge in [-0.1, -0.05) is 0 Å². The van der Waals surface area contributed by atoms with Gasteiger partial charge < -0.3 is 0 Å². The van der Waals surface area contributed by atoms with Gasteiger partial charge in [0.1, 0.15) is 0 Å². The molecule has 0 atom stereocenters. The Kier molecular flexibility index (Phi) is 3.58. The molecule has 1 saturated carbocycles. The number of hydrogen-bond donors (Lipinski definition) is 0. The summed E-state index contributed by atoms with van der Waals surface area (Å²) in [4.78, 5) is 0. The molecule has 1 heteroatoms. The maximum atomic E-state index is 2.59. The summed E-state index contributed by atoms with van der Waals surface area (Å²) >= 11 is 0. The van der Waals surface area contributed by atoms with E-state index in [0.717, 1.165) is 11.3 Å². The van der Waals surface area contributed by atoms with Crippen LogP contribution in [0.2, 0.25) is 0 Å². The second kappa shape index (κ2) is 4.09. The Morgan fingerprint density at radius 3 is 1.92 bits per heavy atom. The number of hydrogen-bond acceptors (Lipinski definition) is 0. The molecule has 0 nitrogen and oxygen atoms in total. The Morgan fingerprint density at radius 1 is 1.00 bits per heavy atom. The van der Waals surface area contributed by atoms with Gasteiger partial charge >= 0.3 is 77.9 Å². The van der Waals surface area contributed by atoms with Crippen LogP contribution in [0.25, 0.3) is 0 Å².